The lowest BCUT2D eigenvalue weighted by Crippen LogP contribution is -2.15. The van der Waals surface area contributed by atoms with E-state index in [9.17, 15) is 14.4 Å². The van der Waals surface area contributed by atoms with Crippen LogP contribution in [0.1, 0.15) is 26.7 Å². The van der Waals surface area contributed by atoms with E-state index in [1.807, 2.05) is 0 Å². The van der Waals surface area contributed by atoms with Crippen molar-refractivity contribution >= 4 is 17.3 Å². The van der Waals surface area contributed by atoms with Crippen molar-refractivity contribution < 1.29 is 14.4 Å². The van der Waals surface area contributed by atoms with Crippen LogP contribution in [0.15, 0.2) is 0 Å². The molecular weight excluding hydrogens is 156 g/mol. The second-order valence-electron chi connectivity index (χ2n) is 3.05. The maximum Gasteiger partial charge on any atom is 0.209 e. The topological polar surface area (TPSA) is 51.2 Å². The van der Waals surface area contributed by atoms with Crippen molar-refractivity contribution in [1.29, 1.82) is 0 Å². The Morgan fingerprint density at radius 3 is 1.42 bits per heavy atom. The highest BCUT2D eigenvalue weighted by Gasteiger charge is 2.46. The fraction of sp³-hybridized carbons (Fsp3) is 0.667. The highest BCUT2D eigenvalue weighted by molar-refractivity contribution is 6.50. The predicted molar refractivity (Wildman–Crippen MR) is 42.6 cm³/mol. The van der Waals surface area contributed by atoms with Gasteiger partial charge in [0, 0.05) is 0 Å². The third kappa shape index (κ3) is 1.09. The van der Waals surface area contributed by atoms with Gasteiger partial charge in [-0.15, -0.1) is 0 Å². The van der Waals surface area contributed by atoms with Gasteiger partial charge in [0.1, 0.15) is 0 Å². The molecule has 0 aromatic rings. The quantitative estimate of drug-likeness (QED) is 0.452. The molecule has 0 saturated heterocycles. The molecule has 1 aliphatic carbocycles. The molecule has 1 rings (SSSR count). The summed E-state index contributed by atoms with van der Waals surface area (Å²) < 4.78 is 0. The zero-order valence-electron chi connectivity index (χ0n) is 7.29. The maximum absolute atomic E-state index is 11.3. The van der Waals surface area contributed by atoms with Gasteiger partial charge in [-0.25, -0.2) is 0 Å². The first kappa shape index (κ1) is 9.10. The van der Waals surface area contributed by atoms with Crippen LogP contribution in [0.2, 0.25) is 0 Å². The lowest BCUT2D eigenvalue weighted by Gasteiger charge is -2.01. The molecule has 0 radical (unpaired) electrons. The monoisotopic (exact) mass is 168 g/mol. The summed E-state index contributed by atoms with van der Waals surface area (Å²) in [7, 11) is 0. The molecule has 1 aliphatic rings. The van der Waals surface area contributed by atoms with Crippen LogP contribution in [0.3, 0.4) is 0 Å². The van der Waals surface area contributed by atoms with Gasteiger partial charge in [-0.2, -0.15) is 0 Å². The summed E-state index contributed by atoms with van der Waals surface area (Å²) in [6.45, 7) is 3.51. The molecule has 2 unspecified atom stereocenters. The van der Waals surface area contributed by atoms with Gasteiger partial charge in [-0.3, -0.25) is 14.4 Å². The molecule has 0 aromatic heterocycles. The smallest absolute Gasteiger partial charge is 0.209 e. The third-order valence-corrected chi connectivity index (χ3v) is 2.38. The molecule has 12 heavy (non-hydrogen) atoms. The Morgan fingerprint density at radius 2 is 1.25 bits per heavy atom. The van der Waals surface area contributed by atoms with Crippen LogP contribution in [0.25, 0.3) is 0 Å². The van der Waals surface area contributed by atoms with E-state index in [0.29, 0.717) is 12.8 Å². The average Bonchev–Trinajstić information content (AvgIpc) is 2.25. The van der Waals surface area contributed by atoms with Gasteiger partial charge in [0.2, 0.25) is 11.6 Å². The van der Waals surface area contributed by atoms with Gasteiger partial charge in [-0.1, -0.05) is 13.8 Å². The van der Waals surface area contributed by atoms with Gasteiger partial charge < -0.3 is 0 Å². The van der Waals surface area contributed by atoms with E-state index in [2.05, 4.69) is 0 Å². The Bertz CT molecular complexity index is 218. The van der Waals surface area contributed by atoms with E-state index < -0.39 is 23.4 Å². The number of rotatable bonds is 2. The summed E-state index contributed by atoms with van der Waals surface area (Å²) >= 11 is 0. The molecule has 0 heterocycles. The fourth-order valence-electron chi connectivity index (χ4n) is 1.62. The Morgan fingerprint density at radius 1 is 0.917 bits per heavy atom. The Balaban J connectivity index is 2.93. The minimum absolute atomic E-state index is 0.171. The standard InChI is InChI=1S/C9H12O3/c1-3-5-7(10)6(4-2)9(12)8(5)11/h5-6H,3-4H2,1-2H3. The SMILES string of the molecule is CCC1C(=O)C(=O)C(CC)C1=O. The number of carbonyl (C=O) groups excluding carboxylic acids is 3. The van der Waals surface area contributed by atoms with E-state index in [0.717, 1.165) is 0 Å². The molecule has 1 fully saturated rings. The second-order valence-corrected chi connectivity index (χ2v) is 3.05. The largest absolute Gasteiger partial charge is 0.298 e. The number of hydrogen-bond donors (Lipinski definition) is 0. The van der Waals surface area contributed by atoms with E-state index in [-0.39, 0.29) is 5.78 Å². The molecule has 3 nitrogen and oxygen atoms in total. The first-order chi connectivity index (χ1) is 5.63. The first-order valence-corrected chi connectivity index (χ1v) is 4.25. The molecule has 0 aliphatic heterocycles. The minimum Gasteiger partial charge on any atom is -0.298 e. The van der Waals surface area contributed by atoms with Gasteiger partial charge in [-0.05, 0) is 12.8 Å². The molecular formula is C9H12O3. The molecule has 0 bridgehead atoms. The van der Waals surface area contributed by atoms with E-state index in [1.54, 1.807) is 13.8 Å². The molecule has 0 N–H and O–H groups in total. The zero-order valence-corrected chi connectivity index (χ0v) is 7.29. The number of hydrogen-bond acceptors (Lipinski definition) is 3. The van der Waals surface area contributed by atoms with Crippen molar-refractivity contribution in [3.63, 3.8) is 0 Å². The van der Waals surface area contributed by atoms with Crippen molar-refractivity contribution in [3.05, 3.63) is 0 Å². The Labute approximate surface area is 71.1 Å². The summed E-state index contributed by atoms with van der Waals surface area (Å²) in [4.78, 5) is 33.6. The van der Waals surface area contributed by atoms with Crippen molar-refractivity contribution in [2.75, 3.05) is 0 Å². The van der Waals surface area contributed by atoms with Crippen LogP contribution in [0, 0.1) is 11.8 Å². The van der Waals surface area contributed by atoms with Crippen LogP contribution in [-0.2, 0) is 14.4 Å². The predicted octanol–water partition coefficient (Wildman–Crippen LogP) is 0.760. The van der Waals surface area contributed by atoms with Crippen LogP contribution >= 0.6 is 0 Å². The Kier molecular flexibility index (Phi) is 2.40. The van der Waals surface area contributed by atoms with E-state index in [1.165, 1.54) is 0 Å². The summed E-state index contributed by atoms with van der Waals surface area (Å²) in [5.74, 6) is -2.40. The normalized spacial score (nSPS) is 30.0. The average molecular weight is 168 g/mol. The maximum atomic E-state index is 11.3. The van der Waals surface area contributed by atoms with Crippen molar-refractivity contribution in [2.24, 2.45) is 11.8 Å². The summed E-state index contributed by atoms with van der Waals surface area (Å²) in [5.41, 5.74) is 0. The summed E-state index contributed by atoms with van der Waals surface area (Å²) in [6.07, 6.45) is 0.916. The van der Waals surface area contributed by atoms with E-state index in [4.69, 9.17) is 0 Å². The highest BCUT2D eigenvalue weighted by Crippen LogP contribution is 2.25. The van der Waals surface area contributed by atoms with Crippen molar-refractivity contribution in [1.82, 2.24) is 0 Å². The van der Waals surface area contributed by atoms with Gasteiger partial charge in [0.25, 0.3) is 0 Å². The lowest BCUT2D eigenvalue weighted by atomic mass is 9.99. The van der Waals surface area contributed by atoms with Gasteiger partial charge >= 0.3 is 0 Å². The summed E-state index contributed by atoms with van der Waals surface area (Å²) in [5, 5.41) is 0. The molecule has 3 heteroatoms. The Hall–Kier alpha value is -0.990. The number of ketones is 3. The molecule has 0 spiro atoms. The van der Waals surface area contributed by atoms with E-state index >= 15 is 0 Å². The third-order valence-electron chi connectivity index (χ3n) is 2.38. The number of carbonyl (C=O) groups is 3. The van der Waals surface area contributed by atoms with Crippen LogP contribution < -0.4 is 0 Å². The van der Waals surface area contributed by atoms with Gasteiger partial charge in [0.05, 0.1) is 11.8 Å². The van der Waals surface area contributed by atoms with Crippen LogP contribution in [-0.4, -0.2) is 17.3 Å². The van der Waals surface area contributed by atoms with Crippen LogP contribution in [0.5, 0.6) is 0 Å². The highest BCUT2D eigenvalue weighted by atomic mass is 16.2. The lowest BCUT2D eigenvalue weighted by molar-refractivity contribution is -0.137. The number of Topliss-reactive ketones (excluding diaryl/α,β-unsaturated/α-hetero) is 3. The first-order valence-electron chi connectivity index (χ1n) is 4.25. The van der Waals surface area contributed by atoms with Crippen LogP contribution in [0.4, 0.5) is 0 Å². The molecule has 66 valence electrons. The molecule has 2 atom stereocenters. The molecule has 1 saturated carbocycles. The van der Waals surface area contributed by atoms with Gasteiger partial charge in [0.15, 0.2) is 5.78 Å². The molecule has 0 aromatic carbocycles. The van der Waals surface area contributed by atoms with Crippen molar-refractivity contribution in [3.8, 4) is 0 Å². The summed E-state index contributed by atoms with van der Waals surface area (Å²) in [6, 6.07) is 0. The molecule has 0 amide bonds. The van der Waals surface area contributed by atoms with Crippen molar-refractivity contribution in [2.45, 2.75) is 26.7 Å². The second kappa shape index (κ2) is 3.17. The fourth-order valence-corrected chi connectivity index (χ4v) is 1.62. The minimum atomic E-state index is -0.637. The zero-order chi connectivity index (χ0) is 9.30.